The first-order valence-electron chi connectivity index (χ1n) is 4.43. The van der Waals surface area contributed by atoms with Crippen LogP contribution >= 0.6 is 22.6 Å². The Hall–Kier alpha value is -0.430. The van der Waals surface area contributed by atoms with Gasteiger partial charge in [0.15, 0.2) is 0 Å². The molecule has 0 spiro atoms. The monoisotopic (exact) mass is 307 g/mol. The van der Waals surface area contributed by atoms with E-state index in [1.54, 1.807) is 12.4 Å². The fourth-order valence-corrected chi connectivity index (χ4v) is 1.21. The number of ether oxygens (including phenoxy) is 1. The van der Waals surface area contributed by atoms with Gasteiger partial charge in [-0.1, -0.05) is 0 Å². The van der Waals surface area contributed by atoms with Crippen molar-refractivity contribution < 1.29 is 4.74 Å². The second-order valence-corrected chi connectivity index (χ2v) is 4.29. The van der Waals surface area contributed by atoms with E-state index in [-0.39, 0.29) is 0 Å². The van der Waals surface area contributed by atoms with Crippen LogP contribution in [0.1, 0.15) is 6.42 Å². The van der Waals surface area contributed by atoms with Crippen LogP contribution in [0.3, 0.4) is 0 Å². The molecule has 0 saturated heterocycles. The van der Waals surface area contributed by atoms with Crippen LogP contribution in [0.4, 0.5) is 0 Å². The lowest BCUT2D eigenvalue weighted by molar-refractivity contribution is 0.272. The maximum atomic E-state index is 5.41. The molecule has 0 fully saturated rings. The van der Waals surface area contributed by atoms with Crippen LogP contribution in [0, 0.1) is 3.70 Å². The van der Waals surface area contributed by atoms with Crippen molar-refractivity contribution in [2.45, 2.75) is 6.42 Å². The van der Waals surface area contributed by atoms with Crippen molar-refractivity contribution in [3.05, 3.63) is 16.1 Å². The molecule has 1 aromatic rings. The molecule has 0 saturated carbocycles. The van der Waals surface area contributed by atoms with E-state index < -0.39 is 0 Å². The van der Waals surface area contributed by atoms with Crippen molar-refractivity contribution in [2.24, 2.45) is 0 Å². The molecule has 0 aliphatic rings. The van der Waals surface area contributed by atoms with E-state index >= 15 is 0 Å². The Labute approximate surface area is 97.8 Å². The molecule has 1 aromatic heterocycles. The average molecular weight is 307 g/mol. The normalized spacial score (nSPS) is 10.6. The molecule has 0 aliphatic carbocycles. The highest BCUT2D eigenvalue weighted by Gasteiger charge is 1.96. The summed E-state index contributed by atoms with van der Waals surface area (Å²) < 4.78 is 6.29. The maximum Gasteiger partial charge on any atom is 0.232 e. The fourth-order valence-electron chi connectivity index (χ4n) is 0.932. The van der Waals surface area contributed by atoms with Gasteiger partial charge in [-0.15, -0.1) is 0 Å². The Balaban J connectivity index is 2.21. The second kappa shape index (κ2) is 6.13. The van der Waals surface area contributed by atoms with Gasteiger partial charge in [-0.25, -0.2) is 9.97 Å². The molecule has 5 heteroatoms. The SMILES string of the molecule is CN(C)CCCOc1cnc(I)cn1. The summed E-state index contributed by atoms with van der Waals surface area (Å²) in [5.74, 6) is 0.601. The summed E-state index contributed by atoms with van der Waals surface area (Å²) in [5.41, 5.74) is 0. The molecule has 1 heterocycles. The maximum absolute atomic E-state index is 5.41. The van der Waals surface area contributed by atoms with Gasteiger partial charge in [0.05, 0.1) is 19.0 Å². The molecule has 0 aromatic carbocycles. The summed E-state index contributed by atoms with van der Waals surface area (Å²) in [6.07, 6.45) is 4.35. The van der Waals surface area contributed by atoms with Gasteiger partial charge in [-0.05, 0) is 43.1 Å². The van der Waals surface area contributed by atoms with Gasteiger partial charge in [0, 0.05) is 6.54 Å². The lowest BCUT2D eigenvalue weighted by atomic mass is 10.4. The van der Waals surface area contributed by atoms with Gasteiger partial charge < -0.3 is 9.64 Å². The molecule has 0 radical (unpaired) electrons. The van der Waals surface area contributed by atoms with Gasteiger partial charge in [0.25, 0.3) is 0 Å². The van der Waals surface area contributed by atoms with Crippen molar-refractivity contribution in [2.75, 3.05) is 27.2 Å². The predicted octanol–water partition coefficient (Wildman–Crippen LogP) is 1.41. The van der Waals surface area contributed by atoms with E-state index in [1.165, 1.54) is 0 Å². The minimum absolute atomic E-state index is 0.601. The van der Waals surface area contributed by atoms with Crippen molar-refractivity contribution >= 4 is 22.6 Å². The van der Waals surface area contributed by atoms with Crippen LogP contribution < -0.4 is 4.74 Å². The van der Waals surface area contributed by atoms with Gasteiger partial charge in [-0.3, -0.25) is 0 Å². The summed E-state index contributed by atoms with van der Waals surface area (Å²) >= 11 is 2.11. The van der Waals surface area contributed by atoms with Gasteiger partial charge in [0.1, 0.15) is 3.70 Å². The number of aromatic nitrogens is 2. The molecule has 14 heavy (non-hydrogen) atoms. The van der Waals surface area contributed by atoms with Crippen molar-refractivity contribution in [3.63, 3.8) is 0 Å². The first-order valence-corrected chi connectivity index (χ1v) is 5.51. The van der Waals surface area contributed by atoms with E-state index in [0.29, 0.717) is 12.5 Å². The van der Waals surface area contributed by atoms with Crippen LogP contribution in [-0.2, 0) is 0 Å². The molecule has 1 rings (SSSR count). The van der Waals surface area contributed by atoms with E-state index in [0.717, 1.165) is 16.7 Å². The molecule has 0 bridgehead atoms. The van der Waals surface area contributed by atoms with E-state index in [2.05, 4.69) is 37.5 Å². The minimum atomic E-state index is 0.601. The highest BCUT2D eigenvalue weighted by atomic mass is 127. The topological polar surface area (TPSA) is 38.2 Å². The Morgan fingerprint density at radius 3 is 2.71 bits per heavy atom. The summed E-state index contributed by atoms with van der Waals surface area (Å²) in [7, 11) is 4.09. The quantitative estimate of drug-likeness (QED) is 0.609. The molecular formula is C9H14IN3O. The van der Waals surface area contributed by atoms with Gasteiger partial charge >= 0.3 is 0 Å². The Morgan fingerprint density at radius 1 is 1.36 bits per heavy atom. The number of halogens is 1. The third-order valence-corrected chi connectivity index (χ3v) is 2.15. The minimum Gasteiger partial charge on any atom is -0.477 e. The van der Waals surface area contributed by atoms with Gasteiger partial charge in [0.2, 0.25) is 5.88 Å². The van der Waals surface area contributed by atoms with Crippen molar-refractivity contribution in [3.8, 4) is 5.88 Å². The molecule has 78 valence electrons. The molecule has 0 aliphatic heterocycles. The number of hydrogen-bond donors (Lipinski definition) is 0. The van der Waals surface area contributed by atoms with Gasteiger partial charge in [-0.2, -0.15) is 0 Å². The van der Waals surface area contributed by atoms with Crippen molar-refractivity contribution in [1.29, 1.82) is 0 Å². The lowest BCUT2D eigenvalue weighted by Crippen LogP contribution is -2.15. The van der Waals surface area contributed by atoms with Crippen LogP contribution in [0.2, 0.25) is 0 Å². The summed E-state index contributed by atoms with van der Waals surface area (Å²) in [4.78, 5) is 10.3. The van der Waals surface area contributed by atoms with E-state index in [4.69, 9.17) is 4.74 Å². The average Bonchev–Trinajstić information content (AvgIpc) is 2.15. The first kappa shape index (κ1) is 11.6. The Morgan fingerprint density at radius 2 is 2.14 bits per heavy atom. The largest absolute Gasteiger partial charge is 0.477 e. The zero-order chi connectivity index (χ0) is 10.4. The molecule has 0 amide bonds. The van der Waals surface area contributed by atoms with Crippen LogP contribution in [-0.4, -0.2) is 42.1 Å². The van der Waals surface area contributed by atoms with Crippen LogP contribution in [0.15, 0.2) is 12.4 Å². The summed E-state index contributed by atoms with van der Waals surface area (Å²) in [6, 6.07) is 0. The van der Waals surface area contributed by atoms with E-state index in [9.17, 15) is 0 Å². The third kappa shape index (κ3) is 4.71. The number of rotatable bonds is 5. The summed E-state index contributed by atoms with van der Waals surface area (Å²) in [5, 5.41) is 0. The first-order chi connectivity index (χ1) is 6.68. The highest BCUT2D eigenvalue weighted by molar-refractivity contribution is 14.1. The molecule has 0 unspecified atom stereocenters. The molecule has 0 atom stereocenters. The van der Waals surface area contributed by atoms with Crippen LogP contribution in [0.25, 0.3) is 0 Å². The zero-order valence-electron chi connectivity index (χ0n) is 8.40. The molecular weight excluding hydrogens is 293 g/mol. The fraction of sp³-hybridized carbons (Fsp3) is 0.556. The standard InChI is InChI=1S/C9H14IN3O/c1-13(2)4-3-5-14-9-7-11-8(10)6-12-9/h6-7H,3-5H2,1-2H3. The Kier molecular flexibility index (Phi) is 5.10. The highest BCUT2D eigenvalue weighted by Crippen LogP contribution is 2.05. The third-order valence-electron chi connectivity index (χ3n) is 1.60. The van der Waals surface area contributed by atoms with Crippen molar-refractivity contribution in [1.82, 2.24) is 14.9 Å². The number of nitrogens with zero attached hydrogens (tertiary/aromatic N) is 3. The summed E-state index contributed by atoms with van der Waals surface area (Å²) in [6.45, 7) is 1.71. The molecule has 4 nitrogen and oxygen atoms in total. The lowest BCUT2D eigenvalue weighted by Gasteiger charge is -2.09. The smallest absolute Gasteiger partial charge is 0.232 e. The second-order valence-electron chi connectivity index (χ2n) is 3.18. The number of hydrogen-bond acceptors (Lipinski definition) is 4. The zero-order valence-corrected chi connectivity index (χ0v) is 10.6. The predicted molar refractivity (Wildman–Crippen MR) is 63.4 cm³/mol. The Bertz CT molecular complexity index is 263. The van der Waals surface area contributed by atoms with E-state index in [1.807, 2.05) is 14.1 Å². The van der Waals surface area contributed by atoms with Crippen LogP contribution in [0.5, 0.6) is 5.88 Å². The molecule has 0 N–H and O–H groups in total.